The number of hydroxylamine groups is 1. The number of rotatable bonds is 4. The van der Waals surface area contributed by atoms with Crippen LogP contribution in [0.5, 0.6) is 0 Å². The molecule has 0 unspecified atom stereocenters. The summed E-state index contributed by atoms with van der Waals surface area (Å²) in [6.07, 6.45) is 11.0. The van der Waals surface area contributed by atoms with E-state index in [0.717, 1.165) is 56.6 Å². The highest BCUT2D eigenvalue weighted by molar-refractivity contribution is 5.92. The Balaban J connectivity index is 1.49. The fourth-order valence-corrected chi connectivity index (χ4v) is 5.15. The van der Waals surface area contributed by atoms with Gasteiger partial charge in [0.1, 0.15) is 0 Å². The molecule has 2 saturated heterocycles. The second-order valence-electron chi connectivity index (χ2n) is 8.38. The van der Waals surface area contributed by atoms with E-state index in [4.69, 9.17) is 5.21 Å². The number of carbonyl (C=O) groups excluding carboxylic acids is 2. The van der Waals surface area contributed by atoms with Crippen molar-refractivity contribution in [3.63, 3.8) is 0 Å². The molecule has 1 aromatic rings. The molecule has 0 aromatic heterocycles. The minimum absolute atomic E-state index is 0.0213. The topological polar surface area (TPSA) is 72.9 Å². The Morgan fingerprint density at radius 1 is 1.11 bits per heavy atom. The third kappa shape index (κ3) is 3.53. The second-order valence-corrected chi connectivity index (χ2v) is 8.38. The molecule has 1 aliphatic carbocycles. The van der Waals surface area contributed by atoms with Gasteiger partial charge in [0.15, 0.2) is 0 Å². The maximum Gasteiger partial charge on any atom is 0.267 e. The highest BCUT2D eigenvalue weighted by atomic mass is 16.5. The van der Waals surface area contributed by atoms with E-state index >= 15 is 0 Å². The Hall–Kier alpha value is -2.34. The van der Waals surface area contributed by atoms with Gasteiger partial charge in [-0.15, -0.1) is 0 Å². The van der Waals surface area contributed by atoms with Crippen molar-refractivity contribution in [2.75, 3.05) is 24.5 Å². The van der Waals surface area contributed by atoms with E-state index in [2.05, 4.69) is 15.9 Å². The molecule has 3 fully saturated rings. The van der Waals surface area contributed by atoms with Gasteiger partial charge in [-0.3, -0.25) is 14.8 Å². The van der Waals surface area contributed by atoms with Crippen LogP contribution in [0.3, 0.4) is 0 Å². The van der Waals surface area contributed by atoms with Gasteiger partial charge in [0.05, 0.1) is 5.54 Å². The van der Waals surface area contributed by atoms with Crippen LogP contribution in [0.2, 0.25) is 0 Å². The number of hydrogen-bond acceptors (Lipinski definition) is 4. The van der Waals surface area contributed by atoms with Gasteiger partial charge in [0, 0.05) is 37.3 Å². The van der Waals surface area contributed by atoms with Crippen molar-refractivity contribution < 1.29 is 14.8 Å². The quantitative estimate of drug-likeness (QED) is 0.476. The maximum absolute atomic E-state index is 12.9. The Kier molecular flexibility index (Phi) is 5.40. The molecule has 0 atom stereocenters. The third-order valence-electron chi connectivity index (χ3n) is 6.58. The average molecular weight is 383 g/mol. The van der Waals surface area contributed by atoms with Crippen LogP contribution < -0.4 is 10.4 Å². The molecular weight excluding hydrogens is 354 g/mol. The molecule has 4 rings (SSSR count). The van der Waals surface area contributed by atoms with E-state index in [-0.39, 0.29) is 11.5 Å². The van der Waals surface area contributed by atoms with Crippen LogP contribution in [-0.4, -0.2) is 47.1 Å². The normalized spacial score (nSPS) is 21.9. The minimum atomic E-state index is -0.543. The fraction of sp³-hybridized carbons (Fsp3) is 0.545. The summed E-state index contributed by atoms with van der Waals surface area (Å²) in [6, 6.07) is 8.01. The number of nitrogens with one attached hydrogen (secondary N) is 1. The van der Waals surface area contributed by atoms with Crippen molar-refractivity contribution >= 4 is 23.6 Å². The van der Waals surface area contributed by atoms with E-state index in [0.29, 0.717) is 5.91 Å². The molecule has 2 heterocycles. The first-order valence-corrected chi connectivity index (χ1v) is 10.4. The zero-order valence-corrected chi connectivity index (χ0v) is 16.3. The molecule has 3 aliphatic rings. The lowest BCUT2D eigenvalue weighted by atomic mass is 9.82. The number of benzene rings is 1. The van der Waals surface area contributed by atoms with Crippen LogP contribution in [-0.2, 0) is 9.59 Å². The zero-order chi connectivity index (χ0) is 19.6. The lowest BCUT2D eigenvalue weighted by molar-refractivity contribution is -0.144. The first-order valence-electron chi connectivity index (χ1n) is 10.4. The Bertz CT molecular complexity index is 764. The Morgan fingerprint density at radius 3 is 2.61 bits per heavy atom. The van der Waals surface area contributed by atoms with Crippen LogP contribution in [0.25, 0.3) is 6.08 Å². The molecule has 1 saturated carbocycles. The van der Waals surface area contributed by atoms with Crippen molar-refractivity contribution in [3.05, 3.63) is 35.9 Å². The van der Waals surface area contributed by atoms with Gasteiger partial charge in [-0.1, -0.05) is 37.5 Å². The van der Waals surface area contributed by atoms with E-state index < -0.39 is 5.91 Å². The highest BCUT2D eigenvalue weighted by Crippen LogP contribution is 2.43. The monoisotopic (exact) mass is 383 g/mol. The number of hydrogen-bond donors (Lipinski definition) is 2. The average Bonchev–Trinajstić information content (AvgIpc) is 3.16. The molecule has 6 nitrogen and oxygen atoms in total. The number of para-hydroxylation sites is 1. The molecule has 28 heavy (non-hydrogen) atoms. The van der Waals surface area contributed by atoms with Crippen LogP contribution in [0.15, 0.2) is 30.3 Å². The summed E-state index contributed by atoms with van der Waals surface area (Å²) in [5.41, 5.74) is 3.69. The van der Waals surface area contributed by atoms with Gasteiger partial charge in [-0.25, -0.2) is 5.48 Å². The Labute approximate surface area is 166 Å². The largest absolute Gasteiger partial charge is 0.362 e. The van der Waals surface area contributed by atoms with Crippen LogP contribution in [0.1, 0.15) is 50.5 Å². The molecule has 0 bridgehead atoms. The summed E-state index contributed by atoms with van der Waals surface area (Å²) in [4.78, 5) is 28.7. The van der Waals surface area contributed by atoms with Crippen molar-refractivity contribution in [1.29, 1.82) is 0 Å². The van der Waals surface area contributed by atoms with E-state index in [1.807, 2.05) is 18.2 Å². The molecule has 2 aliphatic heterocycles. The smallest absolute Gasteiger partial charge is 0.267 e. The fourth-order valence-electron chi connectivity index (χ4n) is 5.15. The molecule has 150 valence electrons. The highest BCUT2D eigenvalue weighted by Gasteiger charge is 2.52. The molecule has 2 N–H and O–H groups in total. The molecule has 2 amide bonds. The standard InChI is InChI=1S/C22H29N3O3/c26-20(23-28)12-11-17-7-4-5-10-19(17)25-14-6-13-22(25)15-24(16-22)21(27)18-8-2-1-3-9-18/h4-5,7,10-12,18,28H,1-3,6,8-9,13-16H2,(H,23,26). The van der Waals surface area contributed by atoms with Crippen LogP contribution in [0.4, 0.5) is 5.69 Å². The van der Waals surface area contributed by atoms with Gasteiger partial charge < -0.3 is 9.80 Å². The Morgan fingerprint density at radius 2 is 1.86 bits per heavy atom. The van der Waals surface area contributed by atoms with E-state index in [1.165, 1.54) is 25.3 Å². The van der Waals surface area contributed by atoms with Gasteiger partial charge >= 0.3 is 0 Å². The van der Waals surface area contributed by atoms with Gasteiger partial charge in [-0.05, 0) is 43.4 Å². The predicted octanol–water partition coefficient (Wildman–Crippen LogP) is 2.97. The number of likely N-dealkylation sites (tertiary alicyclic amines) is 1. The summed E-state index contributed by atoms with van der Waals surface area (Å²) in [7, 11) is 0. The molecule has 0 radical (unpaired) electrons. The molecular formula is C22H29N3O3. The number of amides is 2. The summed E-state index contributed by atoms with van der Waals surface area (Å²) in [5, 5.41) is 8.71. The summed E-state index contributed by atoms with van der Waals surface area (Å²) in [5.74, 6) is 0.0389. The zero-order valence-electron chi connectivity index (χ0n) is 16.3. The minimum Gasteiger partial charge on any atom is -0.362 e. The van der Waals surface area contributed by atoms with Crippen molar-refractivity contribution in [2.45, 2.75) is 50.5 Å². The van der Waals surface area contributed by atoms with E-state index in [9.17, 15) is 9.59 Å². The summed E-state index contributed by atoms with van der Waals surface area (Å²) in [6.45, 7) is 2.57. The van der Waals surface area contributed by atoms with Gasteiger partial charge in [0.2, 0.25) is 5.91 Å². The molecule has 1 spiro atoms. The molecule has 1 aromatic carbocycles. The third-order valence-corrected chi connectivity index (χ3v) is 6.58. The van der Waals surface area contributed by atoms with Gasteiger partial charge in [-0.2, -0.15) is 0 Å². The van der Waals surface area contributed by atoms with Crippen molar-refractivity contribution in [1.82, 2.24) is 10.4 Å². The lowest BCUT2D eigenvalue weighted by Crippen LogP contribution is -2.70. The van der Waals surface area contributed by atoms with Crippen LogP contribution >= 0.6 is 0 Å². The number of anilines is 1. The number of carbonyl (C=O) groups is 2. The van der Waals surface area contributed by atoms with E-state index in [1.54, 1.807) is 11.6 Å². The lowest BCUT2D eigenvalue weighted by Gasteiger charge is -2.54. The SMILES string of the molecule is O=C(C=Cc1ccccc1N1CCCC12CN(C(=O)C1CCCCC1)C2)NO. The van der Waals surface area contributed by atoms with Crippen molar-refractivity contribution in [2.24, 2.45) is 5.92 Å². The predicted molar refractivity (Wildman–Crippen MR) is 108 cm³/mol. The van der Waals surface area contributed by atoms with Crippen LogP contribution in [0, 0.1) is 5.92 Å². The summed E-state index contributed by atoms with van der Waals surface area (Å²) >= 11 is 0. The number of nitrogens with zero attached hydrogens (tertiary/aromatic N) is 2. The van der Waals surface area contributed by atoms with Crippen molar-refractivity contribution in [3.8, 4) is 0 Å². The molecule has 6 heteroatoms. The van der Waals surface area contributed by atoms with Gasteiger partial charge in [0.25, 0.3) is 5.91 Å². The maximum atomic E-state index is 12.9. The summed E-state index contributed by atoms with van der Waals surface area (Å²) < 4.78 is 0. The first-order chi connectivity index (χ1) is 13.6. The second kappa shape index (κ2) is 7.95. The first kappa shape index (κ1) is 19.0.